The maximum atomic E-state index is 12.9. The van der Waals surface area contributed by atoms with Crippen molar-refractivity contribution in [2.24, 2.45) is 0 Å². The highest BCUT2D eigenvalue weighted by Crippen LogP contribution is 2.16. The van der Waals surface area contributed by atoms with Crippen LogP contribution in [0.5, 0.6) is 0 Å². The van der Waals surface area contributed by atoms with Crippen molar-refractivity contribution < 1.29 is 28.6 Å². The third-order valence-electron chi connectivity index (χ3n) is 14.6. The number of esters is 3. The van der Waals surface area contributed by atoms with Crippen molar-refractivity contribution >= 4 is 17.9 Å². The van der Waals surface area contributed by atoms with Gasteiger partial charge in [0, 0.05) is 19.3 Å². The lowest BCUT2D eigenvalue weighted by molar-refractivity contribution is -0.167. The molecule has 0 bridgehead atoms. The Kier molecular flexibility index (Phi) is 66.3. The number of allylic oxidation sites excluding steroid dienone is 22. The standard InChI is InChI=1S/C77H128O6/c1-4-7-10-13-16-19-22-25-28-30-32-34-35-36-37-38-39-40-41-43-44-46-49-52-55-58-61-64-67-70-76(79)82-73-74(72-81-75(78)69-66-63-60-57-54-51-48-27-24-21-18-15-12-9-6-3)83-77(80)71-68-65-62-59-56-53-50-47-45-42-33-31-29-26-23-20-17-14-11-8-5-2/h7-8,10-11,16-17,19-20,25-29,32-34,36-37,42,47-48,50,74H,4-6,9,12-15,18,21-24,30-31,35,38-41,43-46,49,51-73H2,1-3H3/b10-7-,11-8-,19-16-,20-17-,28-25-,29-26-,34-32-,37-36-,42-33-,48-27-,50-47-. The first-order chi connectivity index (χ1) is 41.0. The van der Waals surface area contributed by atoms with Gasteiger partial charge >= 0.3 is 17.9 Å². The largest absolute Gasteiger partial charge is 0.462 e. The molecule has 0 aliphatic rings. The first-order valence-corrected chi connectivity index (χ1v) is 34.7. The lowest BCUT2D eigenvalue weighted by Crippen LogP contribution is -2.30. The highest BCUT2D eigenvalue weighted by molar-refractivity contribution is 5.71. The molecule has 0 fully saturated rings. The van der Waals surface area contributed by atoms with Gasteiger partial charge in [0.1, 0.15) is 13.2 Å². The summed E-state index contributed by atoms with van der Waals surface area (Å²) in [6.45, 7) is 6.41. The van der Waals surface area contributed by atoms with Crippen LogP contribution in [0.2, 0.25) is 0 Å². The predicted molar refractivity (Wildman–Crippen MR) is 362 cm³/mol. The summed E-state index contributed by atoms with van der Waals surface area (Å²) in [4.78, 5) is 38.4. The van der Waals surface area contributed by atoms with Crippen molar-refractivity contribution in [3.63, 3.8) is 0 Å². The maximum Gasteiger partial charge on any atom is 0.306 e. The molecule has 0 saturated carbocycles. The summed E-state index contributed by atoms with van der Waals surface area (Å²) in [5, 5.41) is 0. The smallest absolute Gasteiger partial charge is 0.306 e. The molecule has 0 aromatic rings. The Morgan fingerprint density at radius 1 is 0.253 bits per heavy atom. The molecule has 0 saturated heterocycles. The third-order valence-corrected chi connectivity index (χ3v) is 14.6. The van der Waals surface area contributed by atoms with E-state index in [1.54, 1.807) is 0 Å². The summed E-state index contributed by atoms with van der Waals surface area (Å²) >= 11 is 0. The second kappa shape index (κ2) is 70.0. The molecule has 0 aliphatic heterocycles. The fourth-order valence-electron chi connectivity index (χ4n) is 9.49. The molecule has 6 nitrogen and oxygen atoms in total. The number of unbranched alkanes of at least 4 members (excludes halogenated alkanes) is 29. The topological polar surface area (TPSA) is 78.9 Å². The van der Waals surface area contributed by atoms with E-state index in [4.69, 9.17) is 14.2 Å². The second-order valence-corrected chi connectivity index (χ2v) is 22.7. The molecule has 0 N–H and O–H groups in total. The van der Waals surface area contributed by atoms with Crippen molar-refractivity contribution in [2.45, 2.75) is 322 Å². The summed E-state index contributed by atoms with van der Waals surface area (Å²) in [7, 11) is 0. The minimum atomic E-state index is -0.798. The van der Waals surface area contributed by atoms with Crippen LogP contribution in [-0.2, 0) is 28.6 Å². The minimum absolute atomic E-state index is 0.0911. The van der Waals surface area contributed by atoms with Crippen molar-refractivity contribution in [1.29, 1.82) is 0 Å². The zero-order valence-electron chi connectivity index (χ0n) is 54.2. The van der Waals surface area contributed by atoms with Crippen molar-refractivity contribution in [3.8, 4) is 0 Å². The summed E-state index contributed by atoms with van der Waals surface area (Å²) in [6.07, 6.45) is 98.9. The first-order valence-electron chi connectivity index (χ1n) is 34.7. The van der Waals surface area contributed by atoms with E-state index in [0.717, 1.165) is 148 Å². The van der Waals surface area contributed by atoms with Gasteiger partial charge in [-0.1, -0.05) is 296 Å². The van der Waals surface area contributed by atoms with Gasteiger partial charge in [-0.15, -0.1) is 0 Å². The van der Waals surface area contributed by atoms with E-state index >= 15 is 0 Å². The van der Waals surface area contributed by atoms with Gasteiger partial charge in [-0.3, -0.25) is 14.4 Å². The summed E-state index contributed by atoms with van der Waals surface area (Å²) in [5.74, 6) is -0.912. The molecule has 83 heavy (non-hydrogen) atoms. The van der Waals surface area contributed by atoms with Crippen LogP contribution >= 0.6 is 0 Å². The number of carbonyl (C=O) groups excluding carboxylic acids is 3. The Labute approximate surface area is 513 Å². The average Bonchev–Trinajstić information content (AvgIpc) is 3.49. The molecule has 0 aliphatic carbocycles. The van der Waals surface area contributed by atoms with Crippen molar-refractivity contribution in [2.75, 3.05) is 13.2 Å². The number of rotatable bonds is 62. The zero-order valence-corrected chi connectivity index (χ0v) is 54.2. The van der Waals surface area contributed by atoms with Crippen LogP contribution in [0.1, 0.15) is 316 Å². The highest BCUT2D eigenvalue weighted by Gasteiger charge is 2.19. The van der Waals surface area contributed by atoms with E-state index in [0.29, 0.717) is 19.3 Å². The average molecular weight is 1150 g/mol. The monoisotopic (exact) mass is 1150 g/mol. The Hall–Kier alpha value is -4.45. The van der Waals surface area contributed by atoms with Gasteiger partial charge in [-0.2, -0.15) is 0 Å². The van der Waals surface area contributed by atoms with Crippen molar-refractivity contribution in [1.82, 2.24) is 0 Å². The Bertz CT molecular complexity index is 1750. The lowest BCUT2D eigenvalue weighted by atomic mass is 10.0. The zero-order chi connectivity index (χ0) is 59.9. The molecule has 0 aromatic carbocycles. The lowest BCUT2D eigenvalue weighted by Gasteiger charge is -2.18. The molecule has 0 heterocycles. The van der Waals surface area contributed by atoms with Gasteiger partial charge in [0.2, 0.25) is 0 Å². The van der Waals surface area contributed by atoms with Crippen LogP contribution in [0.3, 0.4) is 0 Å². The van der Waals surface area contributed by atoms with Crippen molar-refractivity contribution in [3.05, 3.63) is 134 Å². The predicted octanol–water partition coefficient (Wildman–Crippen LogP) is 24.1. The molecular weight excluding hydrogens is 1020 g/mol. The van der Waals surface area contributed by atoms with Crippen LogP contribution in [0.15, 0.2) is 134 Å². The Balaban J connectivity index is 4.36. The second-order valence-electron chi connectivity index (χ2n) is 22.7. The molecule has 0 amide bonds. The van der Waals surface area contributed by atoms with Gasteiger partial charge in [0.05, 0.1) is 0 Å². The molecular formula is C77H128O6. The van der Waals surface area contributed by atoms with E-state index < -0.39 is 6.10 Å². The van der Waals surface area contributed by atoms with Gasteiger partial charge in [0.15, 0.2) is 6.10 Å². The maximum absolute atomic E-state index is 12.9. The number of ether oxygens (including phenoxy) is 3. The van der Waals surface area contributed by atoms with E-state index in [2.05, 4.69) is 154 Å². The van der Waals surface area contributed by atoms with Crippen LogP contribution in [-0.4, -0.2) is 37.2 Å². The fourth-order valence-corrected chi connectivity index (χ4v) is 9.49. The SMILES string of the molecule is CC/C=C\C/C=C\C/C=C\C/C=C\C/C=C\CCCCCCCCCCCCCCCC(=O)OCC(COC(=O)CCCCCCC/C=C\CCCCCCCC)OC(=O)CCCCCCC/C=C\C/C=C\C/C=C\C/C=C\C/C=C\CC. The molecule has 0 rings (SSSR count). The number of hydrogen-bond acceptors (Lipinski definition) is 6. The summed E-state index contributed by atoms with van der Waals surface area (Å²) in [6, 6.07) is 0. The van der Waals surface area contributed by atoms with Gasteiger partial charge in [-0.25, -0.2) is 0 Å². The van der Waals surface area contributed by atoms with E-state index in [9.17, 15) is 14.4 Å². The normalized spacial score (nSPS) is 13.0. The van der Waals surface area contributed by atoms with Crippen LogP contribution < -0.4 is 0 Å². The molecule has 472 valence electrons. The molecule has 0 radical (unpaired) electrons. The third kappa shape index (κ3) is 68.2. The number of carbonyl (C=O) groups is 3. The molecule has 0 spiro atoms. The quantitative estimate of drug-likeness (QED) is 0.0261. The Morgan fingerprint density at radius 2 is 0.470 bits per heavy atom. The van der Waals surface area contributed by atoms with Gasteiger partial charge < -0.3 is 14.2 Å². The summed E-state index contributed by atoms with van der Waals surface area (Å²) in [5.41, 5.74) is 0. The van der Waals surface area contributed by atoms with E-state index in [1.165, 1.54) is 128 Å². The number of hydrogen-bond donors (Lipinski definition) is 0. The fraction of sp³-hybridized carbons (Fsp3) is 0.675. The van der Waals surface area contributed by atoms with Crippen LogP contribution in [0.25, 0.3) is 0 Å². The van der Waals surface area contributed by atoms with Crippen LogP contribution in [0, 0.1) is 0 Å². The molecule has 1 atom stereocenters. The van der Waals surface area contributed by atoms with Gasteiger partial charge in [0.25, 0.3) is 0 Å². The Morgan fingerprint density at radius 3 is 0.747 bits per heavy atom. The summed E-state index contributed by atoms with van der Waals surface area (Å²) < 4.78 is 17.0. The van der Waals surface area contributed by atoms with E-state index in [1.807, 2.05) is 0 Å². The molecule has 1 unspecified atom stereocenters. The molecule has 6 heteroatoms. The first kappa shape index (κ1) is 78.5. The van der Waals surface area contributed by atoms with E-state index in [-0.39, 0.29) is 31.1 Å². The highest BCUT2D eigenvalue weighted by atomic mass is 16.6. The van der Waals surface area contributed by atoms with Crippen LogP contribution in [0.4, 0.5) is 0 Å². The van der Waals surface area contributed by atoms with Gasteiger partial charge in [-0.05, 0) is 135 Å². The minimum Gasteiger partial charge on any atom is -0.462 e. The molecule has 0 aromatic heterocycles.